The molecule has 38 heavy (non-hydrogen) atoms. The first-order valence-electron chi connectivity index (χ1n) is 11.6. The van der Waals surface area contributed by atoms with Crippen LogP contribution in [-0.2, 0) is 16.1 Å². The lowest BCUT2D eigenvalue weighted by atomic mass is 10.1. The van der Waals surface area contributed by atoms with Crippen LogP contribution in [0.2, 0.25) is 5.02 Å². The van der Waals surface area contributed by atoms with Crippen LogP contribution in [0, 0.1) is 25.2 Å². The highest BCUT2D eigenvalue weighted by molar-refractivity contribution is 9.10. The van der Waals surface area contributed by atoms with Crippen molar-refractivity contribution in [2.45, 2.75) is 33.2 Å². The third kappa shape index (κ3) is 7.63. The van der Waals surface area contributed by atoms with Crippen LogP contribution < -0.4 is 19.5 Å². The van der Waals surface area contributed by atoms with E-state index >= 15 is 0 Å². The third-order valence-electron chi connectivity index (χ3n) is 5.44. The summed E-state index contributed by atoms with van der Waals surface area (Å²) in [6.45, 7) is 4.27. The van der Waals surface area contributed by atoms with Gasteiger partial charge in [-0.05, 0) is 89.3 Å². The molecule has 1 N–H and O–H groups in total. The zero-order valence-electron chi connectivity index (χ0n) is 21.1. The molecule has 0 atom stereocenters. The van der Waals surface area contributed by atoms with E-state index in [0.717, 1.165) is 15.6 Å². The number of halogens is 2. The lowest BCUT2D eigenvalue weighted by molar-refractivity contribution is -0.134. The van der Waals surface area contributed by atoms with Gasteiger partial charge in [0.15, 0.2) is 11.5 Å². The summed E-state index contributed by atoms with van der Waals surface area (Å²) in [6.07, 6.45) is 3.48. The Bertz CT molecular complexity index is 1380. The van der Waals surface area contributed by atoms with Crippen molar-refractivity contribution >= 4 is 45.5 Å². The summed E-state index contributed by atoms with van der Waals surface area (Å²) in [7, 11) is 1.43. The SMILES string of the molecule is COc1cc(/C=C(\C#N)C(=O)NCc2ccco2)ccc1OC(=O)CCCOc1cc(C)c(Cl)c(C)c1Br. The molecule has 0 unspecified atom stereocenters. The lowest BCUT2D eigenvalue weighted by Crippen LogP contribution is -2.23. The Kier molecular flexibility index (Phi) is 10.4. The first-order chi connectivity index (χ1) is 18.2. The average molecular weight is 602 g/mol. The quantitative estimate of drug-likeness (QED) is 0.0902. The normalized spacial score (nSPS) is 11.0. The summed E-state index contributed by atoms with van der Waals surface area (Å²) in [4.78, 5) is 24.8. The maximum atomic E-state index is 12.4. The molecule has 0 aliphatic heterocycles. The standard InChI is InChI=1S/C28H26BrClN2O6/c1-17-12-24(26(29)18(2)27(17)30)37-11-5-7-25(33)38-22-9-8-19(14-23(22)35-3)13-20(15-31)28(34)32-16-21-6-4-10-36-21/h4,6,8-10,12-14H,5,7,11,16H2,1-3H3,(H,32,34)/b20-13+. The van der Waals surface area contributed by atoms with Crippen LogP contribution in [-0.4, -0.2) is 25.6 Å². The van der Waals surface area contributed by atoms with Crippen molar-refractivity contribution in [3.8, 4) is 23.3 Å². The van der Waals surface area contributed by atoms with E-state index in [1.165, 1.54) is 19.4 Å². The van der Waals surface area contributed by atoms with Gasteiger partial charge in [0.2, 0.25) is 0 Å². The Morgan fingerprint density at radius 2 is 1.97 bits per heavy atom. The summed E-state index contributed by atoms with van der Waals surface area (Å²) in [5.74, 6) is 0.743. The average Bonchev–Trinajstić information content (AvgIpc) is 3.44. The van der Waals surface area contributed by atoms with E-state index in [9.17, 15) is 14.9 Å². The van der Waals surface area contributed by atoms with Crippen molar-refractivity contribution in [1.29, 1.82) is 5.26 Å². The molecule has 0 aliphatic rings. The molecular weight excluding hydrogens is 576 g/mol. The summed E-state index contributed by atoms with van der Waals surface area (Å²) < 4.78 is 22.6. The number of nitrogens with zero attached hydrogens (tertiary/aromatic N) is 1. The maximum Gasteiger partial charge on any atom is 0.311 e. The smallest absolute Gasteiger partial charge is 0.311 e. The minimum atomic E-state index is -0.545. The van der Waals surface area contributed by atoms with Gasteiger partial charge in [0, 0.05) is 11.4 Å². The molecule has 0 saturated heterocycles. The highest BCUT2D eigenvalue weighted by Crippen LogP contribution is 2.36. The molecule has 1 aromatic heterocycles. The van der Waals surface area contributed by atoms with Gasteiger partial charge in [-0.15, -0.1) is 0 Å². The van der Waals surface area contributed by atoms with Crippen LogP contribution >= 0.6 is 27.5 Å². The fourth-order valence-corrected chi connectivity index (χ4v) is 4.12. The van der Waals surface area contributed by atoms with Gasteiger partial charge in [-0.25, -0.2) is 0 Å². The molecule has 0 fully saturated rings. The predicted octanol–water partition coefficient (Wildman–Crippen LogP) is 6.31. The number of esters is 1. The number of methoxy groups -OCH3 is 1. The number of amides is 1. The molecule has 0 saturated carbocycles. The second kappa shape index (κ2) is 13.7. The molecule has 0 spiro atoms. The summed E-state index contributed by atoms with van der Waals surface area (Å²) in [6, 6.07) is 11.9. The van der Waals surface area contributed by atoms with Crippen LogP contribution in [0.3, 0.4) is 0 Å². The number of nitriles is 1. The van der Waals surface area contributed by atoms with E-state index in [1.54, 1.807) is 30.3 Å². The van der Waals surface area contributed by atoms with Crippen molar-refractivity contribution in [3.05, 3.63) is 80.2 Å². The number of benzene rings is 2. The number of hydrogen-bond acceptors (Lipinski definition) is 7. The highest BCUT2D eigenvalue weighted by atomic mass is 79.9. The minimum Gasteiger partial charge on any atom is -0.493 e. The Balaban J connectivity index is 1.56. The molecule has 1 heterocycles. The second-order valence-electron chi connectivity index (χ2n) is 8.21. The first kappa shape index (κ1) is 28.8. The van der Waals surface area contributed by atoms with Crippen molar-refractivity contribution in [1.82, 2.24) is 5.32 Å². The first-order valence-corrected chi connectivity index (χ1v) is 12.8. The van der Waals surface area contributed by atoms with Crippen molar-refractivity contribution < 1.29 is 28.2 Å². The number of furan rings is 1. The van der Waals surface area contributed by atoms with Gasteiger partial charge >= 0.3 is 5.97 Å². The number of rotatable bonds is 11. The summed E-state index contributed by atoms with van der Waals surface area (Å²) in [5.41, 5.74) is 2.23. The molecule has 0 aliphatic carbocycles. The van der Waals surface area contributed by atoms with Gasteiger partial charge in [0.05, 0.1) is 31.0 Å². The van der Waals surface area contributed by atoms with Gasteiger partial charge in [-0.2, -0.15) is 5.26 Å². The number of aryl methyl sites for hydroxylation is 1. The van der Waals surface area contributed by atoms with Crippen LogP contribution in [0.1, 0.15) is 35.3 Å². The monoisotopic (exact) mass is 600 g/mol. The summed E-state index contributed by atoms with van der Waals surface area (Å²) in [5, 5.41) is 12.7. The zero-order valence-corrected chi connectivity index (χ0v) is 23.4. The molecule has 8 nitrogen and oxygen atoms in total. The van der Waals surface area contributed by atoms with Crippen molar-refractivity contribution in [2.75, 3.05) is 13.7 Å². The topological polar surface area (TPSA) is 111 Å². The predicted molar refractivity (Wildman–Crippen MR) is 146 cm³/mol. The fraction of sp³-hybridized carbons (Fsp3) is 0.250. The number of ether oxygens (including phenoxy) is 3. The van der Waals surface area contributed by atoms with Gasteiger partial charge in [0.25, 0.3) is 5.91 Å². The fourth-order valence-electron chi connectivity index (χ4n) is 3.43. The molecule has 0 radical (unpaired) electrons. The van der Waals surface area contributed by atoms with Gasteiger partial charge in [0.1, 0.15) is 23.2 Å². The number of nitrogens with one attached hydrogen (secondary N) is 1. The van der Waals surface area contributed by atoms with Gasteiger partial charge in [-0.1, -0.05) is 17.7 Å². The Hall–Kier alpha value is -3.74. The molecule has 2 aromatic carbocycles. The molecular formula is C28H26BrClN2O6. The van der Waals surface area contributed by atoms with E-state index in [-0.39, 0.29) is 30.0 Å². The van der Waals surface area contributed by atoms with Crippen LogP contribution in [0.4, 0.5) is 0 Å². The Morgan fingerprint density at radius 1 is 1.18 bits per heavy atom. The second-order valence-corrected chi connectivity index (χ2v) is 9.38. The Morgan fingerprint density at radius 3 is 2.66 bits per heavy atom. The van der Waals surface area contributed by atoms with E-state index < -0.39 is 11.9 Å². The molecule has 0 bridgehead atoms. The van der Waals surface area contributed by atoms with Crippen molar-refractivity contribution in [2.24, 2.45) is 0 Å². The van der Waals surface area contributed by atoms with Gasteiger partial charge < -0.3 is 23.9 Å². The zero-order chi connectivity index (χ0) is 27.7. The molecule has 10 heteroatoms. The van der Waals surface area contributed by atoms with Crippen LogP contribution in [0.5, 0.6) is 17.2 Å². The molecule has 3 aromatic rings. The third-order valence-corrected chi connectivity index (χ3v) is 7.01. The number of hydrogen-bond donors (Lipinski definition) is 1. The minimum absolute atomic E-state index is 0.0962. The van der Waals surface area contributed by atoms with E-state index in [1.807, 2.05) is 26.0 Å². The van der Waals surface area contributed by atoms with Crippen LogP contribution in [0.15, 0.2) is 57.1 Å². The molecule has 3 rings (SSSR count). The highest BCUT2D eigenvalue weighted by Gasteiger charge is 2.14. The molecule has 198 valence electrons. The van der Waals surface area contributed by atoms with E-state index in [2.05, 4.69) is 21.2 Å². The maximum absolute atomic E-state index is 12.4. The number of carbonyl (C=O) groups excluding carboxylic acids is 2. The largest absolute Gasteiger partial charge is 0.493 e. The lowest BCUT2D eigenvalue weighted by Gasteiger charge is -2.13. The Labute approximate surface area is 234 Å². The van der Waals surface area contributed by atoms with Gasteiger partial charge in [-0.3, -0.25) is 9.59 Å². The van der Waals surface area contributed by atoms with Crippen molar-refractivity contribution in [3.63, 3.8) is 0 Å². The molecule has 1 amide bonds. The van der Waals surface area contributed by atoms with E-state index in [0.29, 0.717) is 35.1 Å². The summed E-state index contributed by atoms with van der Waals surface area (Å²) >= 11 is 9.74. The number of carbonyl (C=O) groups is 2. The van der Waals surface area contributed by atoms with Crippen LogP contribution in [0.25, 0.3) is 6.08 Å². The van der Waals surface area contributed by atoms with E-state index in [4.69, 9.17) is 30.2 Å².